The van der Waals surface area contributed by atoms with Crippen LogP contribution in [0, 0.1) is 0 Å². The molecule has 1 aliphatic heterocycles. The number of halogens is 1. The molecule has 7 heteroatoms. The number of hydrogen-bond acceptors (Lipinski definition) is 4. The van der Waals surface area contributed by atoms with E-state index in [0.717, 1.165) is 24.8 Å². The number of benzene rings is 1. The zero-order valence-electron chi connectivity index (χ0n) is 12.6. The van der Waals surface area contributed by atoms with Gasteiger partial charge in [0.1, 0.15) is 0 Å². The monoisotopic (exact) mass is 335 g/mol. The van der Waals surface area contributed by atoms with Gasteiger partial charge in [-0.3, -0.25) is 9.48 Å². The summed E-state index contributed by atoms with van der Waals surface area (Å²) >= 11 is 6.12. The number of rotatable bonds is 5. The van der Waals surface area contributed by atoms with Crippen LogP contribution in [0.2, 0.25) is 5.02 Å². The summed E-state index contributed by atoms with van der Waals surface area (Å²) in [5.74, 6) is -0.343. The molecule has 0 bridgehead atoms. The minimum Gasteiger partial charge on any atom is -0.350 e. The van der Waals surface area contributed by atoms with Crippen LogP contribution in [0.4, 0.5) is 0 Å². The summed E-state index contributed by atoms with van der Waals surface area (Å²) < 4.78 is 7.05. The third-order valence-electron chi connectivity index (χ3n) is 3.61. The second kappa shape index (κ2) is 7.59. The van der Waals surface area contributed by atoms with Crippen molar-refractivity contribution in [3.8, 4) is 0 Å². The maximum Gasteiger partial charge on any atom is 0.278 e. The Hall–Kier alpha value is -1.89. The maximum atomic E-state index is 12.0. The van der Waals surface area contributed by atoms with E-state index in [1.54, 1.807) is 10.9 Å². The Morgan fingerprint density at radius 1 is 1.43 bits per heavy atom. The third kappa shape index (κ3) is 4.31. The first-order chi connectivity index (χ1) is 11.2. The Balaban J connectivity index is 1.55. The fourth-order valence-corrected chi connectivity index (χ4v) is 2.55. The summed E-state index contributed by atoms with van der Waals surface area (Å²) in [5, 5.41) is 4.85. The number of amides is 1. The molecule has 1 fully saturated rings. The first-order valence-corrected chi connectivity index (χ1v) is 7.93. The van der Waals surface area contributed by atoms with Gasteiger partial charge in [-0.2, -0.15) is 5.10 Å². The van der Waals surface area contributed by atoms with Crippen LogP contribution in [0.1, 0.15) is 35.2 Å². The van der Waals surface area contributed by atoms with Crippen molar-refractivity contribution >= 4 is 17.5 Å². The highest BCUT2D eigenvalue weighted by Gasteiger charge is 2.17. The van der Waals surface area contributed by atoms with Crippen LogP contribution in [0.15, 0.2) is 36.7 Å². The largest absolute Gasteiger partial charge is 0.350 e. The average Bonchev–Trinajstić information content (AvgIpc) is 3.04. The van der Waals surface area contributed by atoms with Crippen molar-refractivity contribution in [2.75, 3.05) is 6.61 Å². The molecule has 122 valence electrons. The molecule has 0 spiro atoms. The standard InChI is InChI=1S/C16H18ClN3O3/c17-14-6-2-1-5-12(14)10-20-11-13(9-18-20)16(21)19-23-15-7-3-4-8-22-15/h1-2,5-6,9,11,15H,3-4,7-8,10H2,(H,19,21)/t15-/m0/s1. The summed E-state index contributed by atoms with van der Waals surface area (Å²) in [5.41, 5.74) is 3.78. The number of ether oxygens (including phenoxy) is 1. The minimum absolute atomic E-state index is 0.343. The molecule has 1 aromatic heterocycles. The van der Waals surface area contributed by atoms with Crippen molar-refractivity contribution in [3.63, 3.8) is 0 Å². The van der Waals surface area contributed by atoms with Crippen molar-refractivity contribution in [2.24, 2.45) is 0 Å². The summed E-state index contributed by atoms with van der Waals surface area (Å²) in [6, 6.07) is 7.54. The highest BCUT2D eigenvalue weighted by Crippen LogP contribution is 2.16. The molecule has 1 amide bonds. The van der Waals surface area contributed by atoms with E-state index in [4.69, 9.17) is 21.2 Å². The number of hydrogen-bond donors (Lipinski definition) is 1. The molecule has 0 radical (unpaired) electrons. The van der Waals surface area contributed by atoms with E-state index in [1.807, 2.05) is 24.3 Å². The van der Waals surface area contributed by atoms with Crippen LogP contribution in [0.25, 0.3) is 0 Å². The first-order valence-electron chi connectivity index (χ1n) is 7.56. The Kier molecular flexibility index (Phi) is 5.27. The predicted molar refractivity (Wildman–Crippen MR) is 84.9 cm³/mol. The zero-order valence-corrected chi connectivity index (χ0v) is 13.3. The van der Waals surface area contributed by atoms with Crippen LogP contribution in [-0.4, -0.2) is 28.6 Å². The van der Waals surface area contributed by atoms with E-state index in [-0.39, 0.29) is 12.2 Å². The molecule has 1 aliphatic rings. The Morgan fingerprint density at radius 2 is 2.30 bits per heavy atom. The first kappa shape index (κ1) is 16.0. The quantitative estimate of drug-likeness (QED) is 0.853. The van der Waals surface area contributed by atoms with Crippen LogP contribution in [0.3, 0.4) is 0 Å². The summed E-state index contributed by atoms with van der Waals surface area (Å²) in [6.07, 6.45) is 5.64. The van der Waals surface area contributed by atoms with Gasteiger partial charge in [0.05, 0.1) is 18.3 Å². The molecule has 1 N–H and O–H groups in total. The van der Waals surface area contributed by atoms with Crippen LogP contribution >= 0.6 is 11.6 Å². The molecule has 1 aromatic carbocycles. The van der Waals surface area contributed by atoms with Crippen molar-refractivity contribution in [3.05, 3.63) is 52.8 Å². The lowest BCUT2D eigenvalue weighted by Gasteiger charge is -2.21. The van der Waals surface area contributed by atoms with Gasteiger partial charge in [-0.05, 0) is 24.5 Å². The van der Waals surface area contributed by atoms with Gasteiger partial charge in [0.15, 0.2) is 6.29 Å². The molecule has 2 aromatic rings. The van der Waals surface area contributed by atoms with Gasteiger partial charge >= 0.3 is 0 Å². The lowest BCUT2D eigenvalue weighted by Crippen LogP contribution is -2.32. The van der Waals surface area contributed by atoms with E-state index in [1.165, 1.54) is 6.20 Å². The maximum absolute atomic E-state index is 12.0. The second-order valence-electron chi connectivity index (χ2n) is 5.36. The van der Waals surface area contributed by atoms with Gasteiger partial charge in [-0.15, -0.1) is 0 Å². The second-order valence-corrected chi connectivity index (χ2v) is 5.77. The molecule has 6 nitrogen and oxygen atoms in total. The highest BCUT2D eigenvalue weighted by molar-refractivity contribution is 6.31. The number of aromatic nitrogens is 2. The third-order valence-corrected chi connectivity index (χ3v) is 3.98. The van der Waals surface area contributed by atoms with Gasteiger partial charge in [0, 0.05) is 24.2 Å². The lowest BCUT2D eigenvalue weighted by atomic mass is 10.2. The van der Waals surface area contributed by atoms with Gasteiger partial charge in [-0.1, -0.05) is 29.8 Å². The number of nitrogens with one attached hydrogen (secondary N) is 1. The molecule has 23 heavy (non-hydrogen) atoms. The fraction of sp³-hybridized carbons (Fsp3) is 0.375. The van der Waals surface area contributed by atoms with Crippen molar-refractivity contribution in [1.82, 2.24) is 15.3 Å². The Labute approximate surface area is 139 Å². The van der Waals surface area contributed by atoms with Crippen molar-refractivity contribution in [1.29, 1.82) is 0 Å². The smallest absolute Gasteiger partial charge is 0.278 e. The number of carbonyl (C=O) groups is 1. The predicted octanol–water partition coefficient (Wildman–Crippen LogP) is 2.77. The van der Waals surface area contributed by atoms with Crippen LogP contribution < -0.4 is 5.48 Å². The minimum atomic E-state index is -0.370. The highest BCUT2D eigenvalue weighted by atomic mass is 35.5. The number of nitrogens with zero attached hydrogens (tertiary/aromatic N) is 2. The summed E-state index contributed by atoms with van der Waals surface area (Å²) in [4.78, 5) is 17.3. The lowest BCUT2D eigenvalue weighted by molar-refractivity contribution is -0.186. The van der Waals surface area contributed by atoms with Crippen molar-refractivity contribution < 1.29 is 14.4 Å². The van der Waals surface area contributed by atoms with Crippen molar-refractivity contribution in [2.45, 2.75) is 32.1 Å². The van der Waals surface area contributed by atoms with Gasteiger partial charge < -0.3 is 4.74 Å². The molecule has 0 aliphatic carbocycles. The Morgan fingerprint density at radius 3 is 3.09 bits per heavy atom. The van der Waals surface area contributed by atoms with Gasteiger partial charge in [-0.25, -0.2) is 10.3 Å². The van der Waals surface area contributed by atoms with E-state index in [0.29, 0.717) is 23.7 Å². The molecule has 1 saturated heterocycles. The molecular weight excluding hydrogens is 318 g/mol. The SMILES string of the molecule is O=C(NO[C@H]1CCCCO1)c1cnn(Cc2ccccc2Cl)c1. The molecular formula is C16H18ClN3O3. The Bertz CT molecular complexity index is 668. The summed E-state index contributed by atoms with van der Waals surface area (Å²) in [6.45, 7) is 1.16. The molecule has 0 unspecified atom stereocenters. The van der Waals surface area contributed by atoms with E-state index >= 15 is 0 Å². The summed E-state index contributed by atoms with van der Waals surface area (Å²) in [7, 11) is 0. The topological polar surface area (TPSA) is 65.4 Å². The van der Waals surface area contributed by atoms with E-state index in [2.05, 4.69) is 10.6 Å². The van der Waals surface area contributed by atoms with E-state index < -0.39 is 0 Å². The van der Waals surface area contributed by atoms with Crippen LogP contribution in [-0.2, 0) is 16.1 Å². The number of carbonyl (C=O) groups excluding carboxylic acids is 1. The van der Waals surface area contributed by atoms with E-state index in [9.17, 15) is 4.79 Å². The van der Waals surface area contributed by atoms with Gasteiger partial charge in [0.25, 0.3) is 5.91 Å². The molecule has 3 rings (SSSR count). The van der Waals surface area contributed by atoms with Crippen LogP contribution in [0.5, 0.6) is 0 Å². The van der Waals surface area contributed by atoms with Gasteiger partial charge in [0.2, 0.25) is 0 Å². The molecule has 1 atom stereocenters. The molecule has 2 heterocycles. The zero-order chi connectivity index (χ0) is 16.1. The number of hydroxylamine groups is 1. The average molecular weight is 336 g/mol. The normalized spacial score (nSPS) is 17.9. The fourth-order valence-electron chi connectivity index (χ4n) is 2.35. The molecule has 0 saturated carbocycles.